The summed E-state index contributed by atoms with van der Waals surface area (Å²) in [4.78, 5) is 26.0. The lowest BCUT2D eigenvalue weighted by Gasteiger charge is -2.19. The molecule has 0 radical (unpaired) electrons. The summed E-state index contributed by atoms with van der Waals surface area (Å²) >= 11 is 0. The van der Waals surface area contributed by atoms with Gasteiger partial charge in [0, 0.05) is 12.1 Å². The number of rotatable bonds is 10. The van der Waals surface area contributed by atoms with Gasteiger partial charge in [-0.25, -0.2) is 17.9 Å². The molecule has 0 fully saturated rings. The maximum absolute atomic E-state index is 13.2. The zero-order valence-electron chi connectivity index (χ0n) is 18.9. The van der Waals surface area contributed by atoms with Crippen LogP contribution in [0.25, 0.3) is 0 Å². The number of para-hydroxylation sites is 2. The Labute approximate surface area is 199 Å². The van der Waals surface area contributed by atoms with Crippen LogP contribution in [-0.4, -0.2) is 33.4 Å². The number of carbonyl (C=O) groups is 2. The smallest absolute Gasteiger partial charge is 0.339 e. The predicted octanol–water partition coefficient (Wildman–Crippen LogP) is 3.92. The third-order valence-electron chi connectivity index (χ3n) is 4.74. The van der Waals surface area contributed by atoms with Crippen LogP contribution in [0.4, 0.5) is 5.69 Å². The van der Waals surface area contributed by atoms with Crippen LogP contribution in [0.1, 0.15) is 35.9 Å². The van der Waals surface area contributed by atoms with E-state index < -0.39 is 28.0 Å². The monoisotopic (exact) mass is 482 g/mol. The van der Waals surface area contributed by atoms with Crippen LogP contribution in [0, 0.1) is 0 Å². The molecule has 0 bridgehead atoms. The molecule has 178 valence electrons. The molecule has 0 aromatic heterocycles. The van der Waals surface area contributed by atoms with Crippen molar-refractivity contribution in [2.45, 2.75) is 24.8 Å². The highest BCUT2D eigenvalue weighted by Crippen LogP contribution is 2.27. The fraction of sp³-hybridized carbons (Fsp3) is 0.200. The first-order chi connectivity index (χ1) is 16.4. The van der Waals surface area contributed by atoms with E-state index >= 15 is 0 Å². The number of hydrogen-bond donors (Lipinski definition) is 2. The quantitative estimate of drug-likeness (QED) is 0.424. The second-order valence-corrected chi connectivity index (χ2v) is 8.91. The van der Waals surface area contributed by atoms with Crippen molar-refractivity contribution >= 4 is 27.6 Å². The number of benzene rings is 3. The Kier molecular flexibility index (Phi) is 8.39. The van der Waals surface area contributed by atoms with Crippen molar-refractivity contribution in [2.75, 3.05) is 18.5 Å². The third-order valence-corrected chi connectivity index (χ3v) is 6.31. The van der Waals surface area contributed by atoms with E-state index in [1.807, 2.05) is 6.92 Å². The van der Waals surface area contributed by atoms with Crippen LogP contribution < -0.4 is 14.8 Å². The van der Waals surface area contributed by atoms with Gasteiger partial charge in [-0.1, -0.05) is 49.4 Å². The average molecular weight is 483 g/mol. The lowest BCUT2D eigenvalue weighted by Crippen LogP contribution is -2.26. The normalized spacial score (nSPS) is 11.9. The van der Waals surface area contributed by atoms with E-state index in [4.69, 9.17) is 9.47 Å². The van der Waals surface area contributed by atoms with Crippen LogP contribution in [0.5, 0.6) is 5.75 Å². The molecule has 0 aliphatic heterocycles. The fourth-order valence-electron chi connectivity index (χ4n) is 3.17. The number of esters is 1. The van der Waals surface area contributed by atoms with E-state index in [2.05, 4.69) is 10.0 Å². The minimum Gasteiger partial charge on any atom is -0.492 e. The Morgan fingerprint density at radius 2 is 1.53 bits per heavy atom. The van der Waals surface area contributed by atoms with E-state index in [0.29, 0.717) is 23.6 Å². The van der Waals surface area contributed by atoms with Gasteiger partial charge in [-0.3, -0.25) is 4.79 Å². The van der Waals surface area contributed by atoms with E-state index in [0.717, 1.165) is 0 Å². The van der Waals surface area contributed by atoms with E-state index in [9.17, 15) is 18.0 Å². The predicted molar refractivity (Wildman–Crippen MR) is 128 cm³/mol. The Morgan fingerprint density at radius 1 is 0.882 bits per heavy atom. The summed E-state index contributed by atoms with van der Waals surface area (Å²) < 4.78 is 37.8. The highest BCUT2D eigenvalue weighted by atomic mass is 32.2. The van der Waals surface area contributed by atoms with Gasteiger partial charge in [0.25, 0.3) is 5.91 Å². The molecule has 0 saturated heterocycles. The standard InChI is InChI=1S/C25H26N2O6S/c1-3-26-34(30,31)20-16-14-19(15-17-20)25(29)33-23(18-10-6-5-7-11-18)24(28)27-21-12-8-9-13-22(21)32-4-2/h5-17,23,26H,3-4H2,1-2H3,(H,27,28). The van der Waals surface area contributed by atoms with Gasteiger partial charge in [0.1, 0.15) is 5.75 Å². The minimum atomic E-state index is -3.65. The lowest BCUT2D eigenvalue weighted by atomic mass is 10.1. The number of sulfonamides is 1. The van der Waals surface area contributed by atoms with Gasteiger partial charge in [-0.05, 0) is 43.3 Å². The molecule has 0 saturated carbocycles. The van der Waals surface area contributed by atoms with Gasteiger partial charge in [-0.2, -0.15) is 0 Å². The molecule has 3 rings (SSSR count). The first-order valence-electron chi connectivity index (χ1n) is 10.7. The molecule has 1 atom stereocenters. The highest BCUT2D eigenvalue weighted by molar-refractivity contribution is 7.89. The van der Waals surface area contributed by atoms with E-state index in [1.54, 1.807) is 61.5 Å². The molecule has 9 heteroatoms. The summed E-state index contributed by atoms with van der Waals surface area (Å²) in [6, 6.07) is 20.9. The van der Waals surface area contributed by atoms with Crippen LogP contribution >= 0.6 is 0 Å². The molecular weight excluding hydrogens is 456 g/mol. The lowest BCUT2D eigenvalue weighted by molar-refractivity contribution is -0.125. The van der Waals surface area contributed by atoms with Crippen LogP contribution in [0.2, 0.25) is 0 Å². The summed E-state index contributed by atoms with van der Waals surface area (Å²) in [7, 11) is -3.65. The van der Waals surface area contributed by atoms with Crippen LogP contribution in [0.15, 0.2) is 83.8 Å². The number of anilines is 1. The first-order valence-corrected chi connectivity index (χ1v) is 12.2. The topological polar surface area (TPSA) is 111 Å². The summed E-state index contributed by atoms with van der Waals surface area (Å²) in [5.74, 6) is -0.832. The van der Waals surface area contributed by atoms with Gasteiger partial charge >= 0.3 is 5.97 Å². The molecule has 1 amide bonds. The summed E-state index contributed by atoms with van der Waals surface area (Å²) in [6.45, 7) is 4.17. The molecule has 2 N–H and O–H groups in total. The number of nitrogens with one attached hydrogen (secondary N) is 2. The first kappa shape index (κ1) is 24.9. The SMILES string of the molecule is CCNS(=O)(=O)c1ccc(C(=O)OC(C(=O)Nc2ccccc2OCC)c2ccccc2)cc1. The fourth-order valence-corrected chi connectivity index (χ4v) is 4.21. The number of carbonyl (C=O) groups excluding carboxylic acids is 2. The third kappa shape index (κ3) is 6.21. The molecule has 0 heterocycles. The van der Waals surface area contributed by atoms with Crippen molar-refractivity contribution in [3.63, 3.8) is 0 Å². The highest BCUT2D eigenvalue weighted by Gasteiger charge is 2.27. The van der Waals surface area contributed by atoms with E-state index in [1.165, 1.54) is 24.3 Å². The minimum absolute atomic E-state index is 0.0239. The second-order valence-electron chi connectivity index (χ2n) is 7.14. The van der Waals surface area contributed by atoms with Crippen LogP contribution in [0.3, 0.4) is 0 Å². The largest absolute Gasteiger partial charge is 0.492 e. The number of ether oxygens (including phenoxy) is 2. The van der Waals surface area contributed by atoms with Crippen molar-refractivity contribution in [1.29, 1.82) is 0 Å². The number of amides is 1. The number of hydrogen-bond acceptors (Lipinski definition) is 6. The van der Waals surface area contributed by atoms with Crippen molar-refractivity contribution in [1.82, 2.24) is 4.72 Å². The van der Waals surface area contributed by atoms with Gasteiger partial charge in [0.2, 0.25) is 16.1 Å². The Morgan fingerprint density at radius 3 is 2.18 bits per heavy atom. The van der Waals surface area contributed by atoms with Gasteiger partial charge in [0.15, 0.2) is 0 Å². The Bertz CT molecular complexity index is 1230. The van der Waals surface area contributed by atoms with Crippen molar-refractivity contribution in [3.05, 3.63) is 90.0 Å². The maximum Gasteiger partial charge on any atom is 0.339 e. The second kappa shape index (κ2) is 11.4. The Balaban J connectivity index is 1.83. The van der Waals surface area contributed by atoms with Gasteiger partial charge in [-0.15, -0.1) is 0 Å². The van der Waals surface area contributed by atoms with Crippen molar-refractivity contribution < 1.29 is 27.5 Å². The Hall–Kier alpha value is -3.69. The molecule has 0 aliphatic rings. The summed E-state index contributed by atoms with van der Waals surface area (Å²) in [5.41, 5.74) is 1.04. The summed E-state index contributed by atoms with van der Waals surface area (Å²) in [5, 5.41) is 2.77. The van der Waals surface area contributed by atoms with E-state index in [-0.39, 0.29) is 17.0 Å². The zero-order valence-corrected chi connectivity index (χ0v) is 19.7. The zero-order chi connectivity index (χ0) is 24.6. The molecule has 34 heavy (non-hydrogen) atoms. The van der Waals surface area contributed by atoms with Gasteiger partial charge < -0.3 is 14.8 Å². The van der Waals surface area contributed by atoms with Crippen molar-refractivity contribution in [2.24, 2.45) is 0 Å². The molecule has 0 aliphatic carbocycles. The summed E-state index contributed by atoms with van der Waals surface area (Å²) in [6.07, 6.45) is -1.24. The van der Waals surface area contributed by atoms with Crippen molar-refractivity contribution in [3.8, 4) is 5.75 Å². The molecule has 1 unspecified atom stereocenters. The maximum atomic E-state index is 13.2. The molecule has 8 nitrogen and oxygen atoms in total. The molecule has 3 aromatic rings. The van der Waals surface area contributed by atoms with Gasteiger partial charge in [0.05, 0.1) is 22.8 Å². The average Bonchev–Trinajstić information content (AvgIpc) is 2.84. The molecule has 3 aromatic carbocycles. The molecule has 0 spiro atoms. The van der Waals surface area contributed by atoms with Crippen LogP contribution in [-0.2, 0) is 19.6 Å². The molecular formula is C25H26N2O6S.